The van der Waals surface area contributed by atoms with E-state index in [2.05, 4.69) is 37.4 Å². The molecule has 65 heavy (non-hydrogen) atoms. The molecular weight excluding hydrogens is 913 g/mol. The molecule has 0 atom stereocenters. The molecule has 0 saturated heterocycles. The summed E-state index contributed by atoms with van der Waals surface area (Å²) in [6.45, 7) is 15.6. The van der Waals surface area contributed by atoms with Gasteiger partial charge in [0.05, 0.1) is 22.3 Å². The molecule has 0 spiro atoms. The van der Waals surface area contributed by atoms with E-state index >= 15 is 0 Å². The van der Waals surface area contributed by atoms with Gasteiger partial charge in [0.1, 0.15) is 24.2 Å². The molecular formula is C50H44F12Si3. The molecule has 0 aliphatic heterocycles. The van der Waals surface area contributed by atoms with Crippen LogP contribution in [0.5, 0.6) is 0 Å². The first-order valence-electron chi connectivity index (χ1n) is 20.9. The second kappa shape index (κ2) is 15.1. The SMILES string of the molecule is Cc1cc2c(c([Si](C)(C)c3cc(C)cc4c3Cc3ccc([Si](C)(C)c5cc(C(F)(F)F)cc(C(F)(F)F)c5)cc3-4)c1)Cc1ccc([Si](C)(C)c3cc(C(F)(F)F)cc(C(F)(F)F)c3)cc1-2. The van der Waals surface area contributed by atoms with Gasteiger partial charge in [-0.1, -0.05) is 166 Å². The zero-order chi connectivity index (χ0) is 47.8. The van der Waals surface area contributed by atoms with Crippen molar-refractivity contribution in [2.75, 3.05) is 0 Å². The molecule has 6 aromatic carbocycles. The summed E-state index contributed by atoms with van der Waals surface area (Å²) in [5.74, 6) is 0. The quantitative estimate of drug-likeness (QED) is 0.115. The van der Waals surface area contributed by atoms with Crippen LogP contribution in [0.4, 0.5) is 52.7 Å². The van der Waals surface area contributed by atoms with Gasteiger partial charge in [-0.2, -0.15) is 52.7 Å². The Morgan fingerprint density at radius 3 is 0.938 bits per heavy atom. The second-order valence-electron chi connectivity index (χ2n) is 19.2. The highest BCUT2D eigenvalue weighted by molar-refractivity contribution is 7.02. The maximum absolute atomic E-state index is 13.9. The summed E-state index contributed by atoms with van der Waals surface area (Å²) in [7, 11) is -8.90. The first kappa shape index (κ1) is 46.7. The van der Waals surface area contributed by atoms with E-state index in [0.29, 0.717) is 23.2 Å². The molecule has 0 N–H and O–H groups in total. The van der Waals surface area contributed by atoms with Crippen molar-refractivity contribution in [1.29, 1.82) is 0 Å². The van der Waals surface area contributed by atoms with Crippen molar-refractivity contribution in [2.24, 2.45) is 0 Å². The van der Waals surface area contributed by atoms with Gasteiger partial charge in [-0.25, -0.2) is 0 Å². The maximum Gasteiger partial charge on any atom is 0.416 e. The van der Waals surface area contributed by atoms with Gasteiger partial charge in [-0.05, 0) is 83.3 Å². The van der Waals surface area contributed by atoms with Gasteiger partial charge in [0.2, 0.25) is 0 Å². The van der Waals surface area contributed by atoms with Gasteiger partial charge in [0, 0.05) is 0 Å². The summed E-state index contributed by atoms with van der Waals surface area (Å²) < 4.78 is 167. The fourth-order valence-electron chi connectivity index (χ4n) is 9.84. The normalized spacial score (nSPS) is 14.3. The number of benzene rings is 6. The lowest BCUT2D eigenvalue weighted by atomic mass is 10.0. The fourth-order valence-corrected chi connectivity index (χ4v) is 18.0. The molecule has 0 aromatic heterocycles. The standard InChI is InChI=1S/C50H44F12Si3/c1-27-13-41-39-25-35(63(3,4)37-21-31(47(51,52)53)19-32(22-37)48(54,55)56)11-9-29(39)17-43(41)45(15-27)65(7,8)46-16-28(2)14-42-40-26-36(12-10-30(40)18-44(42)46)64(5,6)38-23-33(49(57,58)59)20-34(24-38)50(60,61)62/h9-16,19-26H,17-18H2,1-8H3. The molecule has 0 unspecified atom stereocenters. The van der Waals surface area contributed by atoms with E-state index in [9.17, 15) is 52.7 Å². The number of fused-ring (bicyclic) bond motifs is 6. The second-order valence-corrected chi connectivity index (χ2v) is 32.4. The van der Waals surface area contributed by atoms with Crippen LogP contribution in [-0.4, -0.2) is 24.2 Å². The zero-order valence-electron chi connectivity index (χ0n) is 36.7. The van der Waals surface area contributed by atoms with E-state index in [1.807, 2.05) is 50.2 Å². The summed E-state index contributed by atoms with van der Waals surface area (Å²) >= 11 is 0. The maximum atomic E-state index is 13.9. The van der Waals surface area contributed by atoms with Crippen molar-refractivity contribution in [1.82, 2.24) is 0 Å². The molecule has 0 saturated carbocycles. The number of hydrogen-bond donors (Lipinski definition) is 0. The largest absolute Gasteiger partial charge is 0.416 e. The van der Waals surface area contributed by atoms with Gasteiger partial charge in [0.15, 0.2) is 0 Å². The van der Waals surface area contributed by atoms with Crippen molar-refractivity contribution in [3.05, 3.63) is 153 Å². The Balaban J connectivity index is 1.19. The number of alkyl halides is 12. The van der Waals surface area contributed by atoms with Crippen LogP contribution >= 0.6 is 0 Å². The van der Waals surface area contributed by atoms with Gasteiger partial charge < -0.3 is 0 Å². The van der Waals surface area contributed by atoms with Crippen LogP contribution in [0.2, 0.25) is 39.3 Å². The lowest BCUT2D eigenvalue weighted by Crippen LogP contribution is -2.55. The van der Waals surface area contributed by atoms with Crippen LogP contribution in [0.3, 0.4) is 0 Å². The molecule has 0 bridgehead atoms. The fraction of sp³-hybridized carbons (Fsp3) is 0.280. The van der Waals surface area contributed by atoms with Crippen LogP contribution in [0.15, 0.2) is 97.1 Å². The Bertz CT molecular complexity index is 2670. The first-order chi connectivity index (χ1) is 29.8. The summed E-state index contributed by atoms with van der Waals surface area (Å²) in [4.78, 5) is 0. The molecule has 15 heteroatoms. The minimum absolute atomic E-state index is 0.0230. The topological polar surface area (TPSA) is 0 Å². The Labute approximate surface area is 372 Å². The molecule has 0 heterocycles. The smallest absolute Gasteiger partial charge is 0.166 e. The van der Waals surface area contributed by atoms with Gasteiger partial charge in [-0.15, -0.1) is 0 Å². The van der Waals surface area contributed by atoms with E-state index in [-0.39, 0.29) is 22.5 Å². The van der Waals surface area contributed by atoms with Crippen LogP contribution in [0.1, 0.15) is 55.6 Å². The predicted octanol–water partition coefficient (Wildman–Crippen LogP) is 12.0. The molecule has 0 fully saturated rings. The summed E-state index contributed by atoms with van der Waals surface area (Å²) in [6.07, 6.45) is -18.7. The van der Waals surface area contributed by atoms with E-state index in [4.69, 9.17) is 0 Å². The zero-order valence-corrected chi connectivity index (χ0v) is 39.7. The highest BCUT2D eigenvalue weighted by atomic mass is 28.3. The van der Waals surface area contributed by atoms with Crippen molar-refractivity contribution >= 4 is 55.3 Å². The predicted molar refractivity (Wildman–Crippen MR) is 242 cm³/mol. The Kier molecular flexibility index (Phi) is 10.8. The lowest BCUT2D eigenvalue weighted by Gasteiger charge is -2.30. The average molecular weight is 957 g/mol. The van der Waals surface area contributed by atoms with Crippen LogP contribution < -0.4 is 31.1 Å². The highest BCUT2D eigenvalue weighted by Crippen LogP contribution is 2.42. The molecule has 2 aliphatic rings. The van der Waals surface area contributed by atoms with Crippen LogP contribution in [0, 0.1) is 13.8 Å². The number of hydrogen-bond acceptors (Lipinski definition) is 0. The number of rotatable bonds is 6. The number of halogens is 12. The van der Waals surface area contributed by atoms with Crippen LogP contribution in [0.25, 0.3) is 22.3 Å². The summed E-state index contributed by atoms with van der Waals surface area (Å²) in [5, 5.41) is 3.83. The first-order valence-corrected chi connectivity index (χ1v) is 29.9. The molecule has 340 valence electrons. The highest BCUT2D eigenvalue weighted by Gasteiger charge is 2.43. The summed E-state index contributed by atoms with van der Waals surface area (Å²) in [6, 6.07) is 23.8. The van der Waals surface area contributed by atoms with Crippen molar-refractivity contribution < 1.29 is 52.7 Å². The Hall–Kier alpha value is -4.87. The lowest BCUT2D eigenvalue weighted by molar-refractivity contribution is -0.144. The Morgan fingerprint density at radius 2 is 0.646 bits per heavy atom. The molecule has 0 radical (unpaired) electrons. The van der Waals surface area contributed by atoms with Crippen molar-refractivity contribution in [3.8, 4) is 22.3 Å². The van der Waals surface area contributed by atoms with Crippen molar-refractivity contribution in [3.63, 3.8) is 0 Å². The van der Waals surface area contributed by atoms with E-state index in [1.54, 1.807) is 26.2 Å². The van der Waals surface area contributed by atoms with E-state index in [0.717, 1.165) is 79.9 Å². The van der Waals surface area contributed by atoms with Gasteiger partial charge >= 0.3 is 24.7 Å². The average Bonchev–Trinajstić information content (AvgIpc) is 3.75. The third-order valence-corrected chi connectivity index (χ3v) is 24.3. The van der Waals surface area contributed by atoms with Crippen LogP contribution in [-0.2, 0) is 37.5 Å². The van der Waals surface area contributed by atoms with E-state index < -0.39 is 71.2 Å². The molecule has 0 nitrogen and oxygen atoms in total. The van der Waals surface area contributed by atoms with Crippen molar-refractivity contribution in [2.45, 2.75) is 90.7 Å². The minimum Gasteiger partial charge on any atom is -0.166 e. The molecule has 8 rings (SSSR count). The third-order valence-electron chi connectivity index (χ3n) is 13.7. The van der Waals surface area contributed by atoms with Gasteiger partial charge in [-0.3, -0.25) is 0 Å². The molecule has 6 aromatic rings. The van der Waals surface area contributed by atoms with E-state index in [1.165, 1.54) is 10.4 Å². The third kappa shape index (κ3) is 8.23. The molecule has 2 aliphatic carbocycles. The monoisotopic (exact) mass is 956 g/mol. The minimum atomic E-state index is -4.97. The number of aryl methyl sites for hydroxylation is 2. The summed E-state index contributed by atoms with van der Waals surface area (Å²) in [5.41, 5.74) is 4.68. The molecule has 0 amide bonds. The Morgan fingerprint density at radius 1 is 0.338 bits per heavy atom. The van der Waals surface area contributed by atoms with Gasteiger partial charge in [0.25, 0.3) is 0 Å².